The molecule has 106 valence electrons. The zero-order chi connectivity index (χ0) is 14.1. The molecule has 1 aromatic carbocycles. The number of benzene rings is 1. The molecule has 3 rings (SSSR count). The van der Waals surface area contributed by atoms with Crippen LogP contribution >= 0.6 is 11.3 Å². The average molecular weight is 290 g/mol. The molecule has 1 aliphatic rings. The van der Waals surface area contributed by atoms with Crippen molar-refractivity contribution >= 4 is 17.0 Å². The molecular formula is C16H19FN2S. The van der Waals surface area contributed by atoms with Crippen molar-refractivity contribution in [2.24, 2.45) is 5.73 Å². The smallest absolute Gasteiger partial charge is 0.146 e. The number of rotatable bonds is 5. The summed E-state index contributed by atoms with van der Waals surface area (Å²) < 4.78 is 14.4. The largest absolute Gasteiger partial charge is 0.361 e. The summed E-state index contributed by atoms with van der Waals surface area (Å²) in [6.45, 7) is 2.66. The van der Waals surface area contributed by atoms with Crippen LogP contribution in [-0.2, 0) is 6.54 Å². The normalized spacial score (nSPS) is 16.1. The van der Waals surface area contributed by atoms with Gasteiger partial charge in [0.05, 0.1) is 12.2 Å². The van der Waals surface area contributed by atoms with Crippen molar-refractivity contribution in [2.45, 2.75) is 38.4 Å². The van der Waals surface area contributed by atoms with Gasteiger partial charge in [0.15, 0.2) is 0 Å². The Balaban J connectivity index is 1.87. The molecule has 0 bridgehead atoms. The summed E-state index contributed by atoms with van der Waals surface area (Å²) in [4.78, 5) is 3.46. The molecule has 2 N–H and O–H groups in total. The van der Waals surface area contributed by atoms with Crippen LogP contribution in [0.1, 0.15) is 36.2 Å². The first-order valence-electron chi connectivity index (χ1n) is 6.99. The third-order valence-electron chi connectivity index (χ3n) is 3.70. The van der Waals surface area contributed by atoms with Crippen molar-refractivity contribution in [2.75, 3.05) is 4.90 Å². The standard InChI is InChI=1S/C16H19FN2S/c1-11(18)12-4-7-16(15(17)9-12)19(13-5-6-13)10-14-3-2-8-20-14/h2-4,7-9,11,13H,5-6,10,18H2,1H3. The van der Waals surface area contributed by atoms with E-state index in [1.807, 2.05) is 25.1 Å². The summed E-state index contributed by atoms with van der Waals surface area (Å²) in [6.07, 6.45) is 2.31. The van der Waals surface area contributed by atoms with E-state index in [2.05, 4.69) is 16.3 Å². The molecule has 1 heterocycles. The molecule has 1 unspecified atom stereocenters. The van der Waals surface area contributed by atoms with E-state index in [0.717, 1.165) is 24.9 Å². The van der Waals surface area contributed by atoms with Crippen molar-refractivity contribution in [1.29, 1.82) is 0 Å². The Bertz CT molecular complexity index is 576. The van der Waals surface area contributed by atoms with Crippen LogP contribution < -0.4 is 10.6 Å². The summed E-state index contributed by atoms with van der Waals surface area (Å²) in [6, 6.07) is 9.88. The molecule has 1 aromatic heterocycles. The first kappa shape index (κ1) is 13.6. The van der Waals surface area contributed by atoms with Crippen molar-refractivity contribution in [1.82, 2.24) is 0 Å². The van der Waals surface area contributed by atoms with Gasteiger partial charge in [-0.05, 0) is 48.9 Å². The third-order valence-corrected chi connectivity index (χ3v) is 4.56. The average Bonchev–Trinajstić information content (AvgIpc) is 3.14. The monoisotopic (exact) mass is 290 g/mol. The number of thiophene rings is 1. The van der Waals surface area contributed by atoms with Crippen LogP contribution in [0.5, 0.6) is 0 Å². The van der Waals surface area contributed by atoms with Crippen LogP contribution in [0.2, 0.25) is 0 Å². The summed E-state index contributed by atoms with van der Waals surface area (Å²) in [5.74, 6) is -0.164. The second-order valence-corrected chi connectivity index (χ2v) is 6.47. The van der Waals surface area contributed by atoms with Crippen molar-refractivity contribution in [3.8, 4) is 0 Å². The van der Waals surface area contributed by atoms with E-state index in [4.69, 9.17) is 5.73 Å². The molecule has 0 amide bonds. The highest BCUT2D eigenvalue weighted by Gasteiger charge is 2.31. The molecule has 4 heteroatoms. The molecule has 0 aliphatic heterocycles. The van der Waals surface area contributed by atoms with Crippen molar-refractivity contribution in [3.05, 3.63) is 52.0 Å². The number of hydrogen-bond acceptors (Lipinski definition) is 3. The Hall–Kier alpha value is -1.39. The molecular weight excluding hydrogens is 271 g/mol. The number of nitrogens with zero attached hydrogens (tertiary/aromatic N) is 1. The second kappa shape index (κ2) is 5.54. The van der Waals surface area contributed by atoms with Gasteiger partial charge in [0, 0.05) is 17.0 Å². The molecule has 0 spiro atoms. The Labute approximate surface area is 123 Å². The lowest BCUT2D eigenvalue weighted by Gasteiger charge is -2.25. The quantitative estimate of drug-likeness (QED) is 0.899. The highest BCUT2D eigenvalue weighted by Crippen LogP contribution is 2.35. The Morgan fingerprint density at radius 3 is 2.75 bits per heavy atom. The van der Waals surface area contributed by atoms with E-state index in [0.29, 0.717) is 11.7 Å². The van der Waals surface area contributed by atoms with E-state index in [9.17, 15) is 4.39 Å². The van der Waals surface area contributed by atoms with E-state index >= 15 is 0 Å². The number of halogens is 1. The molecule has 0 radical (unpaired) electrons. The van der Waals surface area contributed by atoms with E-state index in [1.54, 1.807) is 17.4 Å². The molecule has 2 aromatic rings. The van der Waals surface area contributed by atoms with Gasteiger partial charge in [0.1, 0.15) is 5.82 Å². The van der Waals surface area contributed by atoms with Gasteiger partial charge in [0.25, 0.3) is 0 Å². The highest BCUT2D eigenvalue weighted by atomic mass is 32.1. The number of nitrogens with two attached hydrogens (primary N) is 1. The Kier molecular flexibility index (Phi) is 3.76. The lowest BCUT2D eigenvalue weighted by atomic mass is 10.1. The van der Waals surface area contributed by atoms with Gasteiger partial charge < -0.3 is 10.6 Å². The summed E-state index contributed by atoms with van der Waals surface area (Å²) in [5.41, 5.74) is 7.36. The molecule has 1 aliphatic carbocycles. The van der Waals surface area contributed by atoms with E-state index in [-0.39, 0.29) is 11.9 Å². The zero-order valence-corrected chi connectivity index (χ0v) is 12.4. The van der Waals surface area contributed by atoms with Crippen LogP contribution in [0.3, 0.4) is 0 Å². The molecule has 1 atom stereocenters. The van der Waals surface area contributed by atoms with Gasteiger partial charge in [-0.3, -0.25) is 0 Å². The SMILES string of the molecule is CC(N)c1ccc(N(Cc2cccs2)C2CC2)c(F)c1. The van der Waals surface area contributed by atoms with Crippen LogP contribution in [0.15, 0.2) is 35.7 Å². The number of anilines is 1. The topological polar surface area (TPSA) is 29.3 Å². The Morgan fingerprint density at radius 2 is 2.20 bits per heavy atom. The van der Waals surface area contributed by atoms with Gasteiger partial charge >= 0.3 is 0 Å². The fourth-order valence-electron chi connectivity index (χ4n) is 2.41. The first-order valence-corrected chi connectivity index (χ1v) is 7.87. The maximum atomic E-state index is 14.4. The predicted molar refractivity (Wildman–Crippen MR) is 82.5 cm³/mol. The molecule has 20 heavy (non-hydrogen) atoms. The summed E-state index contributed by atoms with van der Waals surface area (Å²) in [5, 5.41) is 2.07. The van der Waals surface area contributed by atoms with Crippen LogP contribution in [0.25, 0.3) is 0 Å². The second-order valence-electron chi connectivity index (χ2n) is 5.44. The molecule has 2 nitrogen and oxygen atoms in total. The maximum Gasteiger partial charge on any atom is 0.146 e. The van der Waals surface area contributed by atoms with E-state index < -0.39 is 0 Å². The van der Waals surface area contributed by atoms with Crippen LogP contribution in [0.4, 0.5) is 10.1 Å². The van der Waals surface area contributed by atoms with Gasteiger partial charge in [-0.15, -0.1) is 11.3 Å². The highest BCUT2D eigenvalue weighted by molar-refractivity contribution is 7.09. The van der Waals surface area contributed by atoms with Crippen LogP contribution in [-0.4, -0.2) is 6.04 Å². The van der Waals surface area contributed by atoms with Crippen molar-refractivity contribution in [3.63, 3.8) is 0 Å². The minimum atomic E-state index is -0.164. The molecule has 1 saturated carbocycles. The zero-order valence-electron chi connectivity index (χ0n) is 11.6. The summed E-state index contributed by atoms with van der Waals surface area (Å²) >= 11 is 1.72. The minimum absolute atomic E-state index is 0.134. The minimum Gasteiger partial charge on any atom is -0.361 e. The van der Waals surface area contributed by atoms with Gasteiger partial charge in [0.2, 0.25) is 0 Å². The predicted octanol–water partition coefficient (Wildman–Crippen LogP) is 4.08. The Morgan fingerprint density at radius 1 is 1.40 bits per heavy atom. The lowest BCUT2D eigenvalue weighted by molar-refractivity contribution is 0.610. The third kappa shape index (κ3) is 2.86. The maximum absolute atomic E-state index is 14.4. The fraction of sp³-hybridized carbons (Fsp3) is 0.375. The van der Waals surface area contributed by atoms with E-state index in [1.165, 1.54) is 4.88 Å². The van der Waals surface area contributed by atoms with Crippen molar-refractivity contribution < 1.29 is 4.39 Å². The number of hydrogen-bond donors (Lipinski definition) is 1. The lowest BCUT2D eigenvalue weighted by Crippen LogP contribution is -2.25. The van der Waals surface area contributed by atoms with Gasteiger partial charge in [-0.25, -0.2) is 4.39 Å². The summed E-state index contributed by atoms with van der Waals surface area (Å²) in [7, 11) is 0. The molecule has 1 fully saturated rings. The van der Waals surface area contributed by atoms with Gasteiger partial charge in [-0.2, -0.15) is 0 Å². The van der Waals surface area contributed by atoms with Gasteiger partial charge in [-0.1, -0.05) is 12.1 Å². The first-order chi connectivity index (χ1) is 9.65. The van der Waals surface area contributed by atoms with Crippen LogP contribution in [0, 0.1) is 5.82 Å². The molecule has 0 saturated heterocycles. The fourth-order valence-corrected chi connectivity index (χ4v) is 3.11.